The first-order chi connectivity index (χ1) is 14.3. The van der Waals surface area contributed by atoms with Gasteiger partial charge >= 0.3 is 5.97 Å². The lowest BCUT2D eigenvalue weighted by molar-refractivity contribution is -0.139. The molecule has 0 bridgehead atoms. The first-order valence-corrected chi connectivity index (χ1v) is 10.2. The van der Waals surface area contributed by atoms with Crippen molar-refractivity contribution >= 4 is 23.0 Å². The summed E-state index contributed by atoms with van der Waals surface area (Å²) in [5, 5.41) is 0. The summed E-state index contributed by atoms with van der Waals surface area (Å²) in [4.78, 5) is 13.9. The Kier molecular flexibility index (Phi) is 6.73. The van der Waals surface area contributed by atoms with Crippen LogP contribution in [0.5, 0.6) is 0 Å². The third-order valence-electron chi connectivity index (χ3n) is 5.12. The van der Waals surface area contributed by atoms with Crippen LogP contribution in [0.3, 0.4) is 0 Å². The van der Waals surface area contributed by atoms with Crippen molar-refractivity contribution in [3.63, 3.8) is 0 Å². The predicted octanol–water partition coefficient (Wildman–Crippen LogP) is 7.00. The third kappa shape index (κ3) is 5.18. The van der Waals surface area contributed by atoms with Crippen molar-refractivity contribution in [1.29, 1.82) is 0 Å². The summed E-state index contributed by atoms with van der Waals surface area (Å²) in [5.41, 5.74) is 7.32. The molecule has 0 saturated carbocycles. The highest BCUT2D eigenvalue weighted by atomic mass is 16.5. The monoisotopic (exact) mass is 399 g/mol. The number of aryl methyl sites for hydroxylation is 2. The smallest absolute Gasteiger partial charge is 0.333 e. The fourth-order valence-corrected chi connectivity index (χ4v) is 3.21. The number of carbonyl (C=O) groups is 1. The second-order valence-electron chi connectivity index (χ2n) is 7.88. The predicted molar refractivity (Wildman–Crippen MR) is 125 cm³/mol. The number of esters is 1. The lowest BCUT2D eigenvalue weighted by Gasteiger charge is -2.26. The molecule has 0 aliphatic rings. The highest BCUT2D eigenvalue weighted by Crippen LogP contribution is 2.35. The maximum absolute atomic E-state index is 11.7. The Labute approximate surface area is 179 Å². The topological polar surface area (TPSA) is 29.5 Å². The molecule has 0 N–H and O–H groups in total. The van der Waals surface area contributed by atoms with Gasteiger partial charge in [0.1, 0.15) is 0 Å². The Hall–Kier alpha value is -3.33. The second-order valence-corrected chi connectivity index (χ2v) is 7.88. The van der Waals surface area contributed by atoms with Crippen LogP contribution in [-0.2, 0) is 9.53 Å². The van der Waals surface area contributed by atoms with Gasteiger partial charge in [0.25, 0.3) is 0 Å². The van der Waals surface area contributed by atoms with Crippen molar-refractivity contribution in [2.24, 2.45) is 0 Å². The fourth-order valence-electron chi connectivity index (χ4n) is 3.21. The molecule has 0 fully saturated rings. The number of ether oxygens (including phenoxy) is 1. The van der Waals surface area contributed by atoms with E-state index in [9.17, 15) is 4.79 Å². The number of anilines is 3. The third-order valence-corrected chi connectivity index (χ3v) is 5.12. The van der Waals surface area contributed by atoms with Crippen molar-refractivity contribution in [3.05, 3.63) is 102 Å². The molecule has 0 aliphatic carbocycles. The molecule has 0 saturated heterocycles. The van der Waals surface area contributed by atoms with Crippen molar-refractivity contribution in [2.45, 2.75) is 33.6 Å². The molecule has 3 aromatic carbocycles. The van der Waals surface area contributed by atoms with E-state index in [0.29, 0.717) is 12.2 Å². The number of carbonyl (C=O) groups excluding carboxylic acids is 1. The largest absolute Gasteiger partial charge is 0.462 e. The molecule has 1 unspecified atom stereocenters. The minimum absolute atomic E-state index is 0.106. The van der Waals surface area contributed by atoms with Gasteiger partial charge in [0.15, 0.2) is 0 Å². The maximum atomic E-state index is 11.7. The average molecular weight is 400 g/mol. The zero-order chi connectivity index (χ0) is 21.7. The van der Waals surface area contributed by atoms with E-state index >= 15 is 0 Å². The van der Waals surface area contributed by atoms with Gasteiger partial charge in [0.2, 0.25) is 0 Å². The van der Waals surface area contributed by atoms with Crippen LogP contribution in [-0.4, -0.2) is 12.6 Å². The first kappa shape index (κ1) is 21.4. The van der Waals surface area contributed by atoms with Crippen LogP contribution >= 0.6 is 0 Å². The number of rotatable bonds is 7. The van der Waals surface area contributed by atoms with Gasteiger partial charge in [-0.15, -0.1) is 0 Å². The molecule has 3 aromatic rings. The lowest BCUT2D eigenvalue weighted by Crippen LogP contribution is -2.12. The van der Waals surface area contributed by atoms with E-state index in [-0.39, 0.29) is 11.9 Å². The number of hydrogen-bond acceptors (Lipinski definition) is 3. The summed E-state index contributed by atoms with van der Waals surface area (Å²) < 4.78 is 5.31. The van der Waals surface area contributed by atoms with Crippen molar-refractivity contribution in [3.8, 4) is 0 Å². The Bertz CT molecular complexity index is 957. The van der Waals surface area contributed by atoms with E-state index in [0.717, 1.165) is 22.6 Å². The Morgan fingerprint density at radius 1 is 0.833 bits per heavy atom. The van der Waals surface area contributed by atoms with Crippen LogP contribution in [0.25, 0.3) is 0 Å². The molecular weight excluding hydrogens is 370 g/mol. The van der Waals surface area contributed by atoms with E-state index in [1.807, 2.05) is 0 Å². The second kappa shape index (κ2) is 9.45. The maximum Gasteiger partial charge on any atom is 0.333 e. The van der Waals surface area contributed by atoms with Gasteiger partial charge in [0, 0.05) is 28.6 Å². The minimum Gasteiger partial charge on any atom is -0.462 e. The van der Waals surface area contributed by atoms with Crippen molar-refractivity contribution < 1.29 is 9.53 Å². The normalized spacial score (nSPS) is 11.6. The number of hydrogen-bond donors (Lipinski definition) is 0. The molecule has 154 valence electrons. The molecule has 3 rings (SSSR count). The Morgan fingerprint density at radius 2 is 1.23 bits per heavy atom. The summed E-state index contributed by atoms with van der Waals surface area (Å²) >= 11 is 0. The molecule has 0 spiro atoms. The number of benzene rings is 3. The van der Waals surface area contributed by atoms with Gasteiger partial charge in [-0.3, -0.25) is 0 Å². The van der Waals surface area contributed by atoms with Gasteiger partial charge < -0.3 is 9.64 Å². The lowest BCUT2D eigenvalue weighted by atomic mass is 10.0. The van der Waals surface area contributed by atoms with E-state index in [1.54, 1.807) is 6.92 Å². The SMILES string of the molecule is C=C(C)C(=O)OCC(C)c1ccc(N(c2ccc(C)cc2)c2ccc(C)cc2)cc1. The molecule has 30 heavy (non-hydrogen) atoms. The Morgan fingerprint density at radius 3 is 1.63 bits per heavy atom. The average Bonchev–Trinajstić information content (AvgIpc) is 2.75. The summed E-state index contributed by atoms with van der Waals surface area (Å²) in [6.45, 7) is 11.9. The quantitative estimate of drug-likeness (QED) is 0.316. The van der Waals surface area contributed by atoms with Gasteiger partial charge in [-0.05, 0) is 62.7 Å². The van der Waals surface area contributed by atoms with E-state index in [1.165, 1.54) is 11.1 Å². The van der Waals surface area contributed by atoms with Gasteiger partial charge in [-0.1, -0.05) is 61.0 Å². The molecular formula is C27H29NO2. The standard InChI is InChI=1S/C27H29NO2/c1-19(2)27(29)30-18-22(5)23-10-16-26(17-11-23)28(24-12-6-20(3)7-13-24)25-14-8-21(4)9-15-25/h6-17,22H,1,18H2,2-5H3. The van der Waals surface area contributed by atoms with Gasteiger partial charge in [-0.25, -0.2) is 4.79 Å². The van der Waals surface area contributed by atoms with Crippen LogP contribution in [0, 0.1) is 13.8 Å². The molecule has 0 aliphatic heterocycles. The summed E-state index contributed by atoms with van der Waals surface area (Å²) in [5.74, 6) is -0.238. The molecule has 1 atom stereocenters. The van der Waals surface area contributed by atoms with Crippen LogP contribution < -0.4 is 4.90 Å². The summed E-state index contributed by atoms with van der Waals surface area (Å²) in [6.07, 6.45) is 0. The van der Waals surface area contributed by atoms with Gasteiger partial charge in [-0.2, -0.15) is 0 Å². The van der Waals surface area contributed by atoms with Crippen LogP contribution in [0.1, 0.15) is 36.5 Å². The fraction of sp³-hybridized carbons (Fsp3) is 0.222. The van der Waals surface area contributed by atoms with E-state index in [4.69, 9.17) is 4.74 Å². The van der Waals surface area contributed by atoms with E-state index in [2.05, 4.69) is 105 Å². The molecule has 3 nitrogen and oxygen atoms in total. The Balaban J connectivity index is 1.87. The molecule has 0 amide bonds. The minimum atomic E-state index is -0.344. The van der Waals surface area contributed by atoms with Crippen molar-refractivity contribution in [1.82, 2.24) is 0 Å². The van der Waals surface area contributed by atoms with Crippen molar-refractivity contribution in [2.75, 3.05) is 11.5 Å². The molecule has 0 radical (unpaired) electrons. The molecule has 3 heteroatoms. The molecule has 0 heterocycles. The summed E-state index contributed by atoms with van der Waals surface area (Å²) in [6, 6.07) is 25.5. The zero-order valence-corrected chi connectivity index (χ0v) is 18.2. The summed E-state index contributed by atoms with van der Waals surface area (Å²) in [7, 11) is 0. The first-order valence-electron chi connectivity index (χ1n) is 10.2. The van der Waals surface area contributed by atoms with Crippen LogP contribution in [0.4, 0.5) is 17.1 Å². The number of nitrogens with zero attached hydrogens (tertiary/aromatic N) is 1. The van der Waals surface area contributed by atoms with E-state index < -0.39 is 0 Å². The van der Waals surface area contributed by atoms with Crippen LogP contribution in [0.2, 0.25) is 0 Å². The van der Waals surface area contributed by atoms with Gasteiger partial charge in [0.05, 0.1) is 6.61 Å². The zero-order valence-electron chi connectivity index (χ0n) is 18.2. The highest BCUT2D eigenvalue weighted by Gasteiger charge is 2.14. The van der Waals surface area contributed by atoms with Crippen LogP contribution in [0.15, 0.2) is 84.9 Å². The highest BCUT2D eigenvalue weighted by molar-refractivity contribution is 5.87. The molecule has 0 aromatic heterocycles.